The third-order valence-corrected chi connectivity index (χ3v) is 3.74. The zero-order valence-electron chi connectivity index (χ0n) is 13.6. The molecule has 0 aliphatic rings. The maximum Gasteiger partial charge on any atom is 0.255 e. The van der Waals surface area contributed by atoms with Crippen molar-refractivity contribution in [2.24, 2.45) is 0 Å². The summed E-state index contributed by atoms with van der Waals surface area (Å²) in [6, 6.07) is 12.8. The fourth-order valence-corrected chi connectivity index (χ4v) is 2.51. The number of aromatic amines is 1. The van der Waals surface area contributed by atoms with Crippen molar-refractivity contribution < 1.29 is 14.3 Å². The smallest absolute Gasteiger partial charge is 0.255 e. The van der Waals surface area contributed by atoms with E-state index in [-0.39, 0.29) is 5.91 Å². The molecule has 124 valence electrons. The van der Waals surface area contributed by atoms with Crippen LogP contribution in [0.4, 0.5) is 0 Å². The Morgan fingerprint density at radius 1 is 1.17 bits per heavy atom. The van der Waals surface area contributed by atoms with E-state index in [1.807, 2.05) is 30.3 Å². The average molecular weight is 325 g/mol. The number of nitrogens with zero attached hydrogens (tertiary/aromatic N) is 1. The molecule has 0 aliphatic carbocycles. The number of hydrogen-bond donors (Lipinski definition) is 2. The average Bonchev–Trinajstić information content (AvgIpc) is 3.03. The van der Waals surface area contributed by atoms with E-state index in [1.165, 1.54) is 0 Å². The summed E-state index contributed by atoms with van der Waals surface area (Å²) in [7, 11) is 3.18. The number of rotatable bonds is 6. The van der Waals surface area contributed by atoms with Gasteiger partial charge in [-0.05, 0) is 24.3 Å². The van der Waals surface area contributed by atoms with E-state index in [2.05, 4.69) is 15.3 Å². The Labute approximate surface area is 139 Å². The van der Waals surface area contributed by atoms with Crippen molar-refractivity contribution in [3.63, 3.8) is 0 Å². The Hall–Kier alpha value is -3.02. The molecule has 1 amide bonds. The monoisotopic (exact) mass is 325 g/mol. The van der Waals surface area contributed by atoms with E-state index < -0.39 is 0 Å². The van der Waals surface area contributed by atoms with Crippen LogP contribution < -0.4 is 14.8 Å². The van der Waals surface area contributed by atoms with Crippen molar-refractivity contribution in [3.05, 3.63) is 53.9 Å². The first kappa shape index (κ1) is 15.9. The number of methoxy groups -OCH3 is 2. The molecule has 0 spiro atoms. The minimum Gasteiger partial charge on any atom is -0.497 e. The summed E-state index contributed by atoms with van der Waals surface area (Å²) in [4.78, 5) is 20.0. The predicted molar refractivity (Wildman–Crippen MR) is 91.7 cm³/mol. The van der Waals surface area contributed by atoms with E-state index in [0.717, 1.165) is 22.6 Å². The molecule has 2 N–H and O–H groups in total. The van der Waals surface area contributed by atoms with Gasteiger partial charge >= 0.3 is 0 Å². The van der Waals surface area contributed by atoms with Gasteiger partial charge in [0.2, 0.25) is 0 Å². The second-order valence-corrected chi connectivity index (χ2v) is 5.27. The van der Waals surface area contributed by atoms with Crippen LogP contribution in [0.25, 0.3) is 11.0 Å². The molecule has 2 aromatic carbocycles. The highest BCUT2D eigenvalue weighted by molar-refractivity contribution is 5.96. The molecule has 0 fully saturated rings. The van der Waals surface area contributed by atoms with Gasteiger partial charge in [0.15, 0.2) is 0 Å². The summed E-state index contributed by atoms with van der Waals surface area (Å²) in [6.45, 7) is 0.480. The molecule has 0 saturated carbocycles. The number of hydrogen-bond acceptors (Lipinski definition) is 4. The molecule has 0 radical (unpaired) electrons. The Kier molecular flexibility index (Phi) is 4.65. The van der Waals surface area contributed by atoms with Crippen molar-refractivity contribution in [1.82, 2.24) is 15.3 Å². The molecule has 3 aromatic rings. The van der Waals surface area contributed by atoms with Crippen LogP contribution in [0.15, 0.2) is 42.5 Å². The molecule has 0 saturated heterocycles. The number of imidazole rings is 1. The van der Waals surface area contributed by atoms with E-state index in [0.29, 0.717) is 24.3 Å². The standard InChI is InChI=1S/C18H19N3O3/c1-23-12-7-8-14-15(11-12)21-17(20-14)9-10-19-18(22)13-5-3-4-6-16(13)24-2/h3-8,11H,9-10H2,1-2H3,(H,19,22)(H,20,21). The summed E-state index contributed by atoms with van der Waals surface area (Å²) in [5.74, 6) is 2.00. The largest absolute Gasteiger partial charge is 0.497 e. The quantitative estimate of drug-likeness (QED) is 0.730. The molecule has 6 heteroatoms. The molecule has 0 atom stereocenters. The van der Waals surface area contributed by atoms with Crippen LogP contribution in [0.5, 0.6) is 11.5 Å². The minimum atomic E-state index is -0.162. The van der Waals surface area contributed by atoms with Gasteiger partial charge in [-0.25, -0.2) is 4.98 Å². The minimum absolute atomic E-state index is 0.162. The highest BCUT2D eigenvalue weighted by atomic mass is 16.5. The molecule has 3 rings (SSSR count). The third kappa shape index (κ3) is 3.32. The van der Waals surface area contributed by atoms with Gasteiger partial charge in [-0.3, -0.25) is 4.79 Å². The number of fused-ring (bicyclic) bond motifs is 1. The van der Waals surface area contributed by atoms with Crippen molar-refractivity contribution in [1.29, 1.82) is 0 Å². The lowest BCUT2D eigenvalue weighted by molar-refractivity contribution is 0.0951. The number of amides is 1. The molecule has 6 nitrogen and oxygen atoms in total. The van der Waals surface area contributed by atoms with Crippen LogP contribution in [0.2, 0.25) is 0 Å². The SMILES string of the molecule is COc1ccc2nc(CCNC(=O)c3ccccc3OC)[nH]c2c1. The van der Waals surface area contributed by atoms with Crippen LogP contribution in [0.3, 0.4) is 0 Å². The zero-order chi connectivity index (χ0) is 16.9. The maximum absolute atomic E-state index is 12.2. The van der Waals surface area contributed by atoms with Crippen molar-refractivity contribution in [2.45, 2.75) is 6.42 Å². The second kappa shape index (κ2) is 7.04. The number of carbonyl (C=O) groups excluding carboxylic acids is 1. The number of aromatic nitrogens is 2. The van der Waals surface area contributed by atoms with Crippen LogP contribution in [0.1, 0.15) is 16.2 Å². The maximum atomic E-state index is 12.2. The van der Waals surface area contributed by atoms with Crippen molar-refractivity contribution in [2.75, 3.05) is 20.8 Å². The normalized spacial score (nSPS) is 10.6. The summed E-state index contributed by atoms with van der Waals surface area (Å²) >= 11 is 0. The molecule has 1 aromatic heterocycles. The highest BCUT2D eigenvalue weighted by Gasteiger charge is 2.11. The fraction of sp³-hybridized carbons (Fsp3) is 0.222. The summed E-state index contributed by atoms with van der Waals surface area (Å²) in [5, 5.41) is 2.89. The van der Waals surface area contributed by atoms with Gasteiger partial charge in [0.25, 0.3) is 5.91 Å². The first-order chi connectivity index (χ1) is 11.7. The molecule has 0 unspecified atom stereocenters. The van der Waals surface area contributed by atoms with Gasteiger partial charge in [-0.2, -0.15) is 0 Å². The predicted octanol–water partition coefficient (Wildman–Crippen LogP) is 2.55. The molecule has 1 heterocycles. The number of para-hydroxylation sites is 1. The van der Waals surface area contributed by atoms with Gasteiger partial charge in [-0.1, -0.05) is 12.1 Å². The summed E-state index contributed by atoms with van der Waals surface area (Å²) in [5.41, 5.74) is 2.32. The van der Waals surface area contributed by atoms with Crippen molar-refractivity contribution in [3.8, 4) is 11.5 Å². The van der Waals surface area contributed by atoms with Gasteiger partial charge in [0, 0.05) is 19.0 Å². The van der Waals surface area contributed by atoms with Gasteiger partial charge in [0.05, 0.1) is 30.8 Å². The lowest BCUT2D eigenvalue weighted by Crippen LogP contribution is -2.26. The van der Waals surface area contributed by atoms with E-state index in [4.69, 9.17) is 9.47 Å². The highest BCUT2D eigenvalue weighted by Crippen LogP contribution is 2.19. The Morgan fingerprint density at radius 2 is 2.00 bits per heavy atom. The Bertz CT molecular complexity index is 858. The first-order valence-electron chi connectivity index (χ1n) is 7.65. The Morgan fingerprint density at radius 3 is 2.79 bits per heavy atom. The molecule has 0 aliphatic heterocycles. The van der Waals surface area contributed by atoms with Crippen LogP contribution in [-0.2, 0) is 6.42 Å². The molecular weight excluding hydrogens is 306 g/mol. The lowest BCUT2D eigenvalue weighted by atomic mass is 10.2. The summed E-state index contributed by atoms with van der Waals surface area (Å²) < 4.78 is 10.4. The number of benzene rings is 2. The van der Waals surface area contributed by atoms with Crippen LogP contribution in [-0.4, -0.2) is 36.6 Å². The van der Waals surface area contributed by atoms with E-state index >= 15 is 0 Å². The molecule has 0 bridgehead atoms. The number of H-pyrrole nitrogens is 1. The van der Waals surface area contributed by atoms with Crippen molar-refractivity contribution >= 4 is 16.9 Å². The molecular formula is C18H19N3O3. The fourth-order valence-electron chi connectivity index (χ4n) is 2.51. The number of nitrogens with one attached hydrogen (secondary N) is 2. The van der Waals surface area contributed by atoms with Gasteiger partial charge < -0.3 is 19.8 Å². The summed E-state index contributed by atoms with van der Waals surface area (Å²) in [6.07, 6.45) is 0.609. The van der Waals surface area contributed by atoms with E-state index in [1.54, 1.807) is 26.4 Å². The second-order valence-electron chi connectivity index (χ2n) is 5.27. The van der Waals surface area contributed by atoms with Gasteiger partial charge in [-0.15, -0.1) is 0 Å². The first-order valence-corrected chi connectivity index (χ1v) is 7.65. The van der Waals surface area contributed by atoms with Gasteiger partial charge in [0.1, 0.15) is 17.3 Å². The molecule has 24 heavy (non-hydrogen) atoms. The topological polar surface area (TPSA) is 76.2 Å². The lowest BCUT2D eigenvalue weighted by Gasteiger charge is -2.08. The van der Waals surface area contributed by atoms with Crippen LogP contribution in [0, 0.1) is 0 Å². The number of ether oxygens (including phenoxy) is 2. The third-order valence-electron chi connectivity index (χ3n) is 3.74. The number of carbonyl (C=O) groups is 1. The van der Waals surface area contributed by atoms with Crippen LogP contribution >= 0.6 is 0 Å². The van der Waals surface area contributed by atoms with E-state index in [9.17, 15) is 4.79 Å². The zero-order valence-corrected chi connectivity index (χ0v) is 13.6. The Balaban J connectivity index is 1.63.